The third-order valence-corrected chi connectivity index (χ3v) is 6.60. The van der Waals surface area contributed by atoms with Crippen molar-refractivity contribution in [2.24, 2.45) is 0 Å². The predicted octanol–water partition coefficient (Wildman–Crippen LogP) is 3.46. The molecule has 1 saturated heterocycles. The van der Waals surface area contributed by atoms with Gasteiger partial charge in [-0.15, -0.1) is 11.3 Å². The summed E-state index contributed by atoms with van der Waals surface area (Å²) in [6, 6.07) is 5.09. The molecule has 3 aliphatic rings. The molecule has 27 heavy (non-hydrogen) atoms. The number of nitrogens with zero attached hydrogens (tertiary/aromatic N) is 1. The van der Waals surface area contributed by atoms with Crippen LogP contribution in [0.3, 0.4) is 0 Å². The smallest absolute Gasteiger partial charge is 0.325 e. The van der Waals surface area contributed by atoms with Crippen LogP contribution >= 0.6 is 22.9 Å². The van der Waals surface area contributed by atoms with Crippen molar-refractivity contribution < 1.29 is 19.1 Å². The van der Waals surface area contributed by atoms with Gasteiger partial charge in [-0.1, -0.05) is 11.6 Å². The predicted molar refractivity (Wildman–Crippen MR) is 100 cm³/mol. The summed E-state index contributed by atoms with van der Waals surface area (Å²) in [5, 5.41) is 5.37. The fourth-order valence-corrected chi connectivity index (χ4v) is 5.41. The molecule has 1 atom stereocenters. The molecule has 140 valence electrons. The Morgan fingerprint density at radius 1 is 1.26 bits per heavy atom. The van der Waals surface area contributed by atoms with Crippen molar-refractivity contribution in [1.29, 1.82) is 0 Å². The van der Waals surface area contributed by atoms with Crippen LogP contribution in [0.4, 0.5) is 4.79 Å². The highest BCUT2D eigenvalue weighted by Gasteiger charge is 2.54. The minimum atomic E-state index is -0.928. The second kappa shape index (κ2) is 6.14. The number of thiophene rings is 1. The van der Waals surface area contributed by atoms with Crippen molar-refractivity contribution in [2.75, 3.05) is 13.2 Å². The molecule has 1 unspecified atom stereocenters. The van der Waals surface area contributed by atoms with Gasteiger partial charge in [0.1, 0.15) is 18.8 Å². The summed E-state index contributed by atoms with van der Waals surface area (Å²) in [6.07, 6.45) is 2.46. The monoisotopic (exact) mass is 404 g/mol. The van der Waals surface area contributed by atoms with E-state index < -0.39 is 5.54 Å². The lowest BCUT2D eigenvalue weighted by molar-refractivity contribution is -0.132. The number of aryl methyl sites for hydroxylation is 1. The van der Waals surface area contributed by atoms with Gasteiger partial charge >= 0.3 is 6.03 Å². The molecule has 0 bridgehead atoms. The third-order valence-electron chi connectivity index (χ3n) is 5.33. The first kappa shape index (κ1) is 16.9. The van der Waals surface area contributed by atoms with Gasteiger partial charge in [0.2, 0.25) is 0 Å². The number of amides is 3. The third kappa shape index (κ3) is 2.52. The zero-order chi connectivity index (χ0) is 18.6. The molecule has 1 fully saturated rings. The number of hydrogen-bond acceptors (Lipinski definition) is 5. The van der Waals surface area contributed by atoms with Gasteiger partial charge in [0.25, 0.3) is 5.91 Å². The first-order valence-electron chi connectivity index (χ1n) is 8.87. The van der Waals surface area contributed by atoms with E-state index in [2.05, 4.69) is 5.32 Å². The SMILES string of the molecule is O=C1NC2(CCCc3sccc32)C(=O)N1Cc1cc(Cl)c2c(c1)OCCO2. The number of ether oxygens (including phenoxy) is 2. The first-order chi connectivity index (χ1) is 13.1. The van der Waals surface area contributed by atoms with Crippen LogP contribution in [0, 0.1) is 0 Å². The number of fused-ring (bicyclic) bond motifs is 3. The molecule has 6 nitrogen and oxygen atoms in total. The number of urea groups is 1. The van der Waals surface area contributed by atoms with Crippen molar-refractivity contribution >= 4 is 34.9 Å². The standard InChI is InChI=1S/C19H17ClN2O4S/c20-13-8-11(9-14-16(13)26-6-5-25-14)10-22-17(23)19(21-18(22)24)4-1-2-15-12(19)3-7-27-15/h3,7-9H,1-2,4-6,10H2,(H,21,24). The molecule has 1 aromatic heterocycles. The lowest BCUT2D eigenvalue weighted by atomic mass is 9.80. The van der Waals surface area contributed by atoms with E-state index in [4.69, 9.17) is 21.1 Å². The fraction of sp³-hybridized carbons (Fsp3) is 0.368. The number of imide groups is 1. The van der Waals surface area contributed by atoms with E-state index in [1.165, 1.54) is 9.78 Å². The van der Waals surface area contributed by atoms with Crippen molar-refractivity contribution in [2.45, 2.75) is 31.3 Å². The second-order valence-electron chi connectivity index (χ2n) is 6.94. The molecule has 3 heterocycles. The molecule has 0 saturated carbocycles. The Balaban J connectivity index is 1.47. The van der Waals surface area contributed by atoms with Gasteiger partial charge in [0, 0.05) is 10.4 Å². The molecule has 1 aliphatic carbocycles. The van der Waals surface area contributed by atoms with Crippen molar-refractivity contribution in [3.8, 4) is 11.5 Å². The molecule has 5 rings (SSSR count). The molecule has 0 radical (unpaired) electrons. The maximum atomic E-state index is 13.3. The maximum Gasteiger partial charge on any atom is 0.325 e. The van der Waals surface area contributed by atoms with Gasteiger partial charge in [-0.25, -0.2) is 4.79 Å². The lowest BCUT2D eigenvalue weighted by Gasteiger charge is -2.31. The van der Waals surface area contributed by atoms with Crippen LogP contribution in [-0.4, -0.2) is 30.1 Å². The summed E-state index contributed by atoms with van der Waals surface area (Å²) in [4.78, 5) is 28.4. The van der Waals surface area contributed by atoms with Crippen LogP contribution in [0.25, 0.3) is 0 Å². The van der Waals surface area contributed by atoms with Crippen LogP contribution in [0.2, 0.25) is 5.02 Å². The van der Waals surface area contributed by atoms with E-state index in [-0.39, 0.29) is 18.5 Å². The Kier molecular flexibility index (Phi) is 3.84. The highest BCUT2D eigenvalue weighted by molar-refractivity contribution is 7.10. The molecule has 2 aromatic rings. The van der Waals surface area contributed by atoms with Gasteiger partial charge in [-0.3, -0.25) is 9.69 Å². The molecule has 1 aromatic carbocycles. The lowest BCUT2D eigenvalue weighted by Crippen LogP contribution is -2.46. The number of rotatable bonds is 2. The Bertz CT molecular complexity index is 959. The molecular formula is C19H17ClN2O4S. The average molecular weight is 405 g/mol. The minimum Gasteiger partial charge on any atom is -0.486 e. The van der Waals surface area contributed by atoms with Gasteiger partial charge in [0.05, 0.1) is 11.6 Å². The highest BCUT2D eigenvalue weighted by Crippen LogP contribution is 2.43. The quantitative estimate of drug-likeness (QED) is 0.778. The summed E-state index contributed by atoms with van der Waals surface area (Å²) in [5.41, 5.74) is 0.744. The van der Waals surface area contributed by atoms with E-state index in [0.717, 1.165) is 24.0 Å². The topological polar surface area (TPSA) is 67.9 Å². The molecule has 1 N–H and O–H groups in total. The van der Waals surface area contributed by atoms with Gasteiger partial charge in [-0.05, 0) is 48.4 Å². The zero-order valence-electron chi connectivity index (χ0n) is 14.4. The van der Waals surface area contributed by atoms with Gasteiger partial charge in [0.15, 0.2) is 11.5 Å². The number of carbonyl (C=O) groups is 2. The molecule has 1 spiro atoms. The number of benzene rings is 1. The minimum absolute atomic E-state index is 0.141. The molecule has 2 aliphatic heterocycles. The number of halogens is 1. The molecule has 3 amide bonds. The second-order valence-corrected chi connectivity index (χ2v) is 8.35. The van der Waals surface area contributed by atoms with Crippen LogP contribution in [-0.2, 0) is 23.3 Å². The van der Waals surface area contributed by atoms with Crippen molar-refractivity contribution in [1.82, 2.24) is 10.2 Å². The van der Waals surface area contributed by atoms with E-state index in [0.29, 0.717) is 36.2 Å². The largest absolute Gasteiger partial charge is 0.486 e. The molecule has 8 heteroatoms. The Morgan fingerprint density at radius 3 is 3.00 bits per heavy atom. The normalized spacial score (nSPS) is 23.5. The Labute approximate surface area is 165 Å². The number of carbonyl (C=O) groups excluding carboxylic acids is 2. The van der Waals surface area contributed by atoms with E-state index >= 15 is 0 Å². The van der Waals surface area contributed by atoms with Crippen molar-refractivity contribution in [3.05, 3.63) is 44.6 Å². The number of nitrogens with one attached hydrogen (secondary N) is 1. The summed E-state index contributed by atoms with van der Waals surface area (Å²) in [7, 11) is 0. The van der Waals surface area contributed by atoms with E-state index in [1.807, 2.05) is 11.4 Å². The maximum absolute atomic E-state index is 13.3. The van der Waals surface area contributed by atoms with Crippen LogP contribution in [0.5, 0.6) is 11.5 Å². The van der Waals surface area contributed by atoms with Crippen molar-refractivity contribution in [3.63, 3.8) is 0 Å². The zero-order valence-corrected chi connectivity index (χ0v) is 16.0. The number of hydrogen-bond donors (Lipinski definition) is 1. The summed E-state index contributed by atoms with van der Waals surface area (Å²) < 4.78 is 11.1. The summed E-state index contributed by atoms with van der Waals surface area (Å²) in [5.74, 6) is 0.858. The average Bonchev–Trinajstić information content (AvgIpc) is 3.23. The first-order valence-corrected chi connectivity index (χ1v) is 10.1. The summed E-state index contributed by atoms with van der Waals surface area (Å²) >= 11 is 7.93. The fourth-order valence-electron chi connectivity index (χ4n) is 4.12. The van der Waals surface area contributed by atoms with E-state index in [9.17, 15) is 9.59 Å². The van der Waals surface area contributed by atoms with E-state index in [1.54, 1.807) is 23.5 Å². The Morgan fingerprint density at radius 2 is 2.11 bits per heavy atom. The van der Waals surface area contributed by atoms with Crippen LogP contribution in [0.15, 0.2) is 23.6 Å². The highest BCUT2D eigenvalue weighted by atomic mass is 35.5. The van der Waals surface area contributed by atoms with Crippen LogP contribution < -0.4 is 14.8 Å². The van der Waals surface area contributed by atoms with Gasteiger partial charge in [-0.2, -0.15) is 0 Å². The Hall–Kier alpha value is -2.25. The molecular weight excluding hydrogens is 388 g/mol. The van der Waals surface area contributed by atoms with Crippen LogP contribution in [0.1, 0.15) is 28.8 Å². The summed E-state index contributed by atoms with van der Waals surface area (Å²) in [6.45, 7) is 1.03. The van der Waals surface area contributed by atoms with Gasteiger partial charge < -0.3 is 14.8 Å².